The van der Waals surface area contributed by atoms with Crippen molar-refractivity contribution < 1.29 is 13.2 Å². The molecule has 1 amide bonds. The van der Waals surface area contributed by atoms with Crippen molar-refractivity contribution in [3.05, 3.63) is 64.7 Å². The molecule has 0 saturated carbocycles. The second-order valence-corrected chi connectivity index (χ2v) is 9.55. The van der Waals surface area contributed by atoms with Gasteiger partial charge in [-0.3, -0.25) is 4.79 Å². The molecule has 0 saturated heterocycles. The Hall–Kier alpha value is -1.89. The third-order valence-corrected chi connectivity index (χ3v) is 6.32. The lowest BCUT2D eigenvalue weighted by atomic mass is 9.96. The monoisotopic (exact) mass is 408 g/mol. The number of carbonyl (C=O) groups is 1. The molecule has 1 atom stereocenters. The van der Waals surface area contributed by atoms with Gasteiger partial charge in [0.05, 0.1) is 21.5 Å². The molecule has 0 aliphatic heterocycles. The van der Waals surface area contributed by atoms with Gasteiger partial charge >= 0.3 is 0 Å². The molecule has 0 bridgehead atoms. The largest absolute Gasteiger partial charge is 0.345 e. The molecule has 0 unspecified atom stereocenters. The average Bonchev–Trinajstić information content (AvgIpc) is 2.61. The number of benzene rings is 2. The second-order valence-electron chi connectivity index (χ2n) is 7.00. The highest BCUT2D eigenvalue weighted by molar-refractivity contribution is 7.89. The highest BCUT2D eigenvalue weighted by Crippen LogP contribution is 2.25. The molecule has 7 heteroatoms. The summed E-state index contributed by atoms with van der Waals surface area (Å²) in [6, 6.07) is 13.7. The lowest BCUT2D eigenvalue weighted by molar-refractivity contribution is 0.0932. The van der Waals surface area contributed by atoms with Gasteiger partial charge in [-0.05, 0) is 36.1 Å². The summed E-state index contributed by atoms with van der Waals surface area (Å²) in [5.41, 5.74) is 1.14. The maximum absolute atomic E-state index is 12.9. The van der Waals surface area contributed by atoms with Crippen molar-refractivity contribution in [1.29, 1.82) is 0 Å². The van der Waals surface area contributed by atoms with E-state index in [0.29, 0.717) is 5.92 Å². The van der Waals surface area contributed by atoms with Crippen LogP contribution in [-0.2, 0) is 10.0 Å². The van der Waals surface area contributed by atoms with Gasteiger partial charge < -0.3 is 5.32 Å². The standard InChI is InChI=1S/C20H25ClN2O3S/c1-14(2)12-19(15-8-6-5-7-9-15)22-20(24)17-13-16(10-11-18(17)21)27(25,26)23(3)4/h5-11,13-14,19H,12H2,1-4H3,(H,22,24)/t19-/m0/s1. The minimum absolute atomic E-state index is 0.0298. The Labute approximate surface area is 166 Å². The van der Waals surface area contributed by atoms with Crippen LogP contribution in [0.2, 0.25) is 5.02 Å². The van der Waals surface area contributed by atoms with E-state index in [-0.39, 0.29) is 21.5 Å². The van der Waals surface area contributed by atoms with E-state index < -0.39 is 15.9 Å². The number of halogens is 1. The molecular weight excluding hydrogens is 384 g/mol. The zero-order valence-corrected chi connectivity index (χ0v) is 17.5. The SMILES string of the molecule is CC(C)C[C@H](NC(=O)c1cc(S(=O)(=O)N(C)C)ccc1Cl)c1ccccc1. The first kappa shape index (κ1) is 21.4. The molecule has 0 heterocycles. The van der Waals surface area contributed by atoms with Gasteiger partial charge in [-0.1, -0.05) is 55.8 Å². The Kier molecular flexibility index (Phi) is 7.03. The molecule has 146 valence electrons. The molecule has 0 aromatic heterocycles. The van der Waals surface area contributed by atoms with E-state index in [1.807, 2.05) is 30.3 Å². The summed E-state index contributed by atoms with van der Waals surface area (Å²) >= 11 is 6.19. The topological polar surface area (TPSA) is 66.5 Å². The van der Waals surface area contributed by atoms with Gasteiger partial charge in [-0.15, -0.1) is 0 Å². The fourth-order valence-corrected chi connectivity index (χ4v) is 3.85. The molecule has 0 spiro atoms. The van der Waals surface area contributed by atoms with Crippen molar-refractivity contribution in [2.75, 3.05) is 14.1 Å². The van der Waals surface area contributed by atoms with Crippen LogP contribution >= 0.6 is 11.6 Å². The minimum Gasteiger partial charge on any atom is -0.345 e. The van der Waals surface area contributed by atoms with Crippen molar-refractivity contribution in [3.63, 3.8) is 0 Å². The number of carbonyl (C=O) groups excluding carboxylic acids is 1. The zero-order valence-electron chi connectivity index (χ0n) is 15.9. The van der Waals surface area contributed by atoms with Crippen LogP contribution in [0.15, 0.2) is 53.4 Å². The molecule has 0 radical (unpaired) electrons. The highest BCUT2D eigenvalue weighted by atomic mass is 35.5. The van der Waals surface area contributed by atoms with Gasteiger partial charge in [0.15, 0.2) is 0 Å². The zero-order chi connectivity index (χ0) is 20.2. The second kappa shape index (κ2) is 8.87. The van der Waals surface area contributed by atoms with Crippen molar-refractivity contribution >= 4 is 27.5 Å². The van der Waals surface area contributed by atoms with E-state index in [2.05, 4.69) is 19.2 Å². The van der Waals surface area contributed by atoms with E-state index in [1.54, 1.807) is 0 Å². The smallest absolute Gasteiger partial charge is 0.253 e. The van der Waals surface area contributed by atoms with Crippen LogP contribution in [0.3, 0.4) is 0 Å². The Morgan fingerprint density at radius 1 is 1.11 bits per heavy atom. The summed E-state index contributed by atoms with van der Waals surface area (Å²) in [5.74, 6) is -0.0308. The Morgan fingerprint density at radius 2 is 1.74 bits per heavy atom. The van der Waals surface area contributed by atoms with E-state index >= 15 is 0 Å². The molecule has 2 rings (SSSR count). The predicted octanol–water partition coefficient (Wildman–Crippen LogP) is 4.11. The van der Waals surface area contributed by atoms with Crippen molar-refractivity contribution in [3.8, 4) is 0 Å². The lowest BCUT2D eigenvalue weighted by Crippen LogP contribution is -2.30. The van der Waals surface area contributed by atoms with Gasteiger partial charge in [0, 0.05) is 14.1 Å². The van der Waals surface area contributed by atoms with Crippen molar-refractivity contribution in [2.45, 2.75) is 31.2 Å². The van der Waals surface area contributed by atoms with Crippen LogP contribution in [0, 0.1) is 5.92 Å². The molecule has 0 aliphatic carbocycles. The Bertz CT molecular complexity index is 897. The number of rotatable bonds is 7. The minimum atomic E-state index is -3.65. The molecule has 2 aromatic carbocycles. The normalized spacial score (nSPS) is 13.0. The summed E-state index contributed by atoms with van der Waals surface area (Å²) in [6.45, 7) is 4.17. The van der Waals surface area contributed by atoms with Crippen LogP contribution in [0.1, 0.15) is 42.2 Å². The molecular formula is C20H25ClN2O3S. The predicted molar refractivity (Wildman–Crippen MR) is 108 cm³/mol. The van der Waals surface area contributed by atoms with Gasteiger partial charge in [0.25, 0.3) is 5.91 Å². The van der Waals surface area contributed by atoms with Gasteiger partial charge in [-0.2, -0.15) is 0 Å². The average molecular weight is 409 g/mol. The van der Waals surface area contributed by atoms with Gasteiger partial charge in [-0.25, -0.2) is 12.7 Å². The first-order chi connectivity index (χ1) is 12.6. The lowest BCUT2D eigenvalue weighted by Gasteiger charge is -2.22. The molecule has 27 heavy (non-hydrogen) atoms. The Morgan fingerprint density at radius 3 is 2.30 bits per heavy atom. The quantitative estimate of drug-likeness (QED) is 0.749. The summed E-state index contributed by atoms with van der Waals surface area (Å²) in [4.78, 5) is 12.9. The first-order valence-corrected chi connectivity index (χ1v) is 10.5. The number of nitrogens with one attached hydrogen (secondary N) is 1. The number of nitrogens with zero attached hydrogens (tertiary/aromatic N) is 1. The molecule has 2 aromatic rings. The van der Waals surface area contributed by atoms with E-state index in [0.717, 1.165) is 16.3 Å². The van der Waals surface area contributed by atoms with E-state index in [4.69, 9.17) is 11.6 Å². The highest BCUT2D eigenvalue weighted by Gasteiger charge is 2.23. The van der Waals surface area contributed by atoms with Crippen molar-refractivity contribution in [2.24, 2.45) is 5.92 Å². The summed E-state index contributed by atoms with van der Waals surface area (Å²) in [5, 5.41) is 3.21. The van der Waals surface area contributed by atoms with Crippen molar-refractivity contribution in [1.82, 2.24) is 9.62 Å². The van der Waals surface area contributed by atoms with Crippen LogP contribution in [0.25, 0.3) is 0 Å². The molecule has 0 aliphatic rings. The summed E-state index contributed by atoms with van der Waals surface area (Å²) < 4.78 is 25.8. The number of hydrogen-bond acceptors (Lipinski definition) is 3. The summed E-state index contributed by atoms with van der Waals surface area (Å²) in [7, 11) is -0.770. The maximum Gasteiger partial charge on any atom is 0.253 e. The van der Waals surface area contributed by atoms with Crippen LogP contribution in [0.5, 0.6) is 0 Å². The third kappa shape index (κ3) is 5.31. The van der Waals surface area contributed by atoms with E-state index in [1.165, 1.54) is 32.3 Å². The van der Waals surface area contributed by atoms with E-state index in [9.17, 15) is 13.2 Å². The maximum atomic E-state index is 12.9. The molecule has 5 nitrogen and oxygen atoms in total. The number of amides is 1. The van der Waals surface area contributed by atoms with Crippen LogP contribution < -0.4 is 5.32 Å². The number of sulfonamides is 1. The molecule has 0 fully saturated rings. The number of hydrogen-bond donors (Lipinski definition) is 1. The third-order valence-electron chi connectivity index (χ3n) is 4.18. The fraction of sp³-hybridized carbons (Fsp3) is 0.350. The summed E-state index contributed by atoms with van der Waals surface area (Å²) in [6.07, 6.45) is 0.753. The van der Waals surface area contributed by atoms with Gasteiger partial charge in [0.2, 0.25) is 10.0 Å². The van der Waals surface area contributed by atoms with Crippen LogP contribution in [0.4, 0.5) is 0 Å². The van der Waals surface area contributed by atoms with Gasteiger partial charge in [0.1, 0.15) is 0 Å². The Balaban J connectivity index is 2.35. The first-order valence-electron chi connectivity index (χ1n) is 8.70. The molecule has 1 N–H and O–H groups in total. The van der Waals surface area contributed by atoms with Crippen LogP contribution in [-0.4, -0.2) is 32.7 Å². The fourth-order valence-electron chi connectivity index (χ4n) is 2.72.